The van der Waals surface area contributed by atoms with Crippen molar-refractivity contribution in [3.8, 4) is 17.2 Å². The molecule has 8 nitrogen and oxygen atoms in total. The first-order valence-electron chi connectivity index (χ1n) is 9.75. The smallest absolute Gasteiger partial charge is 0.457 e. The minimum absolute atomic E-state index is 0.0279. The third-order valence-corrected chi connectivity index (χ3v) is 6.41. The highest BCUT2D eigenvalue weighted by atomic mass is 32.2. The normalized spacial score (nSPS) is 19.0. The number of nitrogens with one attached hydrogen (secondary N) is 1. The minimum Gasteiger partial charge on any atom is -0.457 e. The molecule has 1 amide bonds. The van der Waals surface area contributed by atoms with Gasteiger partial charge in [0.15, 0.2) is 15.6 Å². The van der Waals surface area contributed by atoms with E-state index in [2.05, 4.69) is 10.1 Å². The number of alkyl halides is 3. The van der Waals surface area contributed by atoms with Crippen LogP contribution in [-0.2, 0) is 24.1 Å². The fourth-order valence-electron chi connectivity index (χ4n) is 3.18. The Labute approximate surface area is 188 Å². The van der Waals surface area contributed by atoms with Gasteiger partial charge in [-0.1, -0.05) is 6.07 Å². The standard InChI is InChI=1S/C21H22F3NO7S/c1-20(2)29-11-19(32-20)18(25-13-26)12-33(27,28)17-8-6-14(7-9-17)30-15-4-3-5-16(10-15)31-21(22,23)24/h3-10,13,18-19H,11-12H2,1-2H3,(H,25,26). The molecule has 2 aromatic carbocycles. The van der Waals surface area contributed by atoms with Gasteiger partial charge in [0, 0.05) is 6.07 Å². The molecule has 0 spiro atoms. The molecular weight excluding hydrogens is 467 g/mol. The summed E-state index contributed by atoms with van der Waals surface area (Å²) in [6.07, 6.45) is -5.08. The molecule has 12 heteroatoms. The SMILES string of the molecule is CC1(C)OCC(C(CS(=O)(=O)c2ccc(Oc3cccc(OC(F)(F)F)c3)cc2)NC=O)O1. The van der Waals surface area contributed by atoms with Gasteiger partial charge in [-0.3, -0.25) is 4.79 Å². The summed E-state index contributed by atoms with van der Waals surface area (Å²) in [7, 11) is -3.83. The number of amides is 1. The molecule has 1 aliphatic rings. The first-order chi connectivity index (χ1) is 15.4. The third-order valence-electron chi connectivity index (χ3n) is 4.62. The number of benzene rings is 2. The summed E-state index contributed by atoms with van der Waals surface area (Å²) in [5.41, 5.74) is 0. The molecule has 2 unspecified atom stereocenters. The van der Waals surface area contributed by atoms with Crippen molar-refractivity contribution >= 4 is 16.2 Å². The molecule has 1 N–H and O–H groups in total. The van der Waals surface area contributed by atoms with E-state index >= 15 is 0 Å². The number of sulfone groups is 1. The molecule has 1 fully saturated rings. The fraction of sp³-hybridized carbons (Fsp3) is 0.381. The van der Waals surface area contributed by atoms with Crippen molar-refractivity contribution in [1.29, 1.82) is 0 Å². The van der Waals surface area contributed by atoms with Crippen LogP contribution in [0.25, 0.3) is 0 Å². The Morgan fingerprint density at radius 3 is 2.39 bits per heavy atom. The van der Waals surface area contributed by atoms with Crippen LogP contribution >= 0.6 is 0 Å². The first-order valence-corrected chi connectivity index (χ1v) is 11.4. The Balaban J connectivity index is 1.69. The van der Waals surface area contributed by atoms with Gasteiger partial charge >= 0.3 is 6.36 Å². The van der Waals surface area contributed by atoms with Gasteiger partial charge in [0.2, 0.25) is 6.41 Å². The number of halogens is 3. The van der Waals surface area contributed by atoms with Gasteiger partial charge < -0.3 is 24.3 Å². The topological polar surface area (TPSA) is 100 Å². The molecule has 1 saturated heterocycles. The molecule has 0 aliphatic carbocycles. The highest BCUT2D eigenvalue weighted by Crippen LogP contribution is 2.30. The Kier molecular flexibility index (Phi) is 7.20. The summed E-state index contributed by atoms with van der Waals surface area (Å²) < 4.78 is 83.3. The second-order valence-electron chi connectivity index (χ2n) is 7.64. The predicted molar refractivity (Wildman–Crippen MR) is 110 cm³/mol. The molecule has 0 aromatic heterocycles. The van der Waals surface area contributed by atoms with Gasteiger partial charge in [-0.15, -0.1) is 13.2 Å². The summed E-state index contributed by atoms with van der Waals surface area (Å²) in [6.45, 7) is 3.49. The average Bonchev–Trinajstić information content (AvgIpc) is 3.07. The lowest BCUT2D eigenvalue weighted by Gasteiger charge is -2.23. The molecule has 180 valence electrons. The highest BCUT2D eigenvalue weighted by molar-refractivity contribution is 7.91. The van der Waals surface area contributed by atoms with Crippen LogP contribution in [0.5, 0.6) is 17.2 Å². The van der Waals surface area contributed by atoms with E-state index in [9.17, 15) is 26.4 Å². The molecule has 0 bridgehead atoms. The lowest BCUT2D eigenvalue weighted by Crippen LogP contribution is -2.46. The van der Waals surface area contributed by atoms with E-state index in [1.54, 1.807) is 13.8 Å². The van der Waals surface area contributed by atoms with Gasteiger partial charge in [0.25, 0.3) is 0 Å². The zero-order chi connectivity index (χ0) is 24.3. The Morgan fingerprint density at radius 1 is 1.15 bits per heavy atom. The molecule has 33 heavy (non-hydrogen) atoms. The van der Waals surface area contributed by atoms with Gasteiger partial charge in [0.1, 0.15) is 23.4 Å². The number of carbonyl (C=O) groups excluding carboxylic acids is 1. The third kappa shape index (κ3) is 7.07. The van der Waals surface area contributed by atoms with Crippen molar-refractivity contribution in [2.45, 2.75) is 43.0 Å². The van der Waals surface area contributed by atoms with E-state index in [-0.39, 0.29) is 23.0 Å². The quantitative estimate of drug-likeness (QED) is 0.539. The lowest BCUT2D eigenvalue weighted by molar-refractivity contribution is -0.274. The molecular formula is C21H22F3NO7S. The number of hydrogen-bond acceptors (Lipinski definition) is 7. The Bertz CT molecular complexity index is 1070. The Morgan fingerprint density at radius 2 is 1.82 bits per heavy atom. The maximum absolute atomic E-state index is 12.9. The minimum atomic E-state index is -4.84. The molecule has 2 atom stereocenters. The summed E-state index contributed by atoms with van der Waals surface area (Å²) in [5, 5.41) is 2.47. The van der Waals surface area contributed by atoms with E-state index < -0.39 is 45.6 Å². The summed E-state index contributed by atoms with van der Waals surface area (Å²) in [6, 6.07) is 9.43. The van der Waals surface area contributed by atoms with Crippen molar-refractivity contribution in [1.82, 2.24) is 5.32 Å². The molecule has 0 radical (unpaired) electrons. The largest absolute Gasteiger partial charge is 0.573 e. The van der Waals surface area contributed by atoms with Crippen LogP contribution in [0.1, 0.15) is 13.8 Å². The molecule has 1 heterocycles. The van der Waals surface area contributed by atoms with Crippen LogP contribution in [0, 0.1) is 0 Å². The Hall–Kier alpha value is -2.83. The second kappa shape index (κ2) is 9.57. The van der Waals surface area contributed by atoms with Gasteiger partial charge in [-0.25, -0.2) is 8.42 Å². The zero-order valence-electron chi connectivity index (χ0n) is 17.7. The van der Waals surface area contributed by atoms with Crippen LogP contribution in [0.4, 0.5) is 13.2 Å². The molecule has 2 aromatic rings. The fourth-order valence-corrected chi connectivity index (χ4v) is 4.71. The number of ether oxygens (including phenoxy) is 4. The monoisotopic (exact) mass is 489 g/mol. The van der Waals surface area contributed by atoms with E-state index in [1.807, 2.05) is 0 Å². The van der Waals surface area contributed by atoms with Crippen molar-refractivity contribution in [3.63, 3.8) is 0 Å². The van der Waals surface area contributed by atoms with Crippen LogP contribution < -0.4 is 14.8 Å². The second-order valence-corrected chi connectivity index (χ2v) is 9.67. The van der Waals surface area contributed by atoms with Gasteiger partial charge in [0.05, 0.1) is 23.3 Å². The summed E-state index contributed by atoms with van der Waals surface area (Å²) in [5.74, 6) is -1.49. The maximum atomic E-state index is 12.9. The maximum Gasteiger partial charge on any atom is 0.573 e. The van der Waals surface area contributed by atoms with Crippen molar-refractivity contribution in [2.24, 2.45) is 0 Å². The predicted octanol–water partition coefficient (Wildman–Crippen LogP) is 3.42. The van der Waals surface area contributed by atoms with E-state index in [1.165, 1.54) is 36.4 Å². The van der Waals surface area contributed by atoms with Crippen molar-refractivity contribution < 1.29 is 45.3 Å². The first kappa shape index (κ1) is 24.8. The van der Waals surface area contributed by atoms with Crippen LogP contribution in [0.15, 0.2) is 53.4 Å². The van der Waals surface area contributed by atoms with Gasteiger partial charge in [-0.05, 0) is 50.2 Å². The van der Waals surface area contributed by atoms with Crippen LogP contribution in [0.2, 0.25) is 0 Å². The lowest BCUT2D eigenvalue weighted by atomic mass is 10.2. The molecule has 1 aliphatic heterocycles. The van der Waals surface area contributed by atoms with Crippen molar-refractivity contribution in [2.75, 3.05) is 12.4 Å². The summed E-state index contributed by atoms with van der Waals surface area (Å²) in [4.78, 5) is 11.0. The van der Waals surface area contributed by atoms with E-state index in [0.717, 1.165) is 12.1 Å². The molecule has 0 saturated carbocycles. The average molecular weight is 489 g/mol. The highest BCUT2D eigenvalue weighted by Gasteiger charge is 2.39. The van der Waals surface area contributed by atoms with Gasteiger partial charge in [-0.2, -0.15) is 0 Å². The van der Waals surface area contributed by atoms with Crippen LogP contribution in [0.3, 0.4) is 0 Å². The summed E-state index contributed by atoms with van der Waals surface area (Å²) >= 11 is 0. The van der Waals surface area contributed by atoms with Crippen molar-refractivity contribution in [3.05, 3.63) is 48.5 Å². The van der Waals surface area contributed by atoms with E-state index in [4.69, 9.17) is 14.2 Å². The number of carbonyl (C=O) groups is 1. The number of rotatable bonds is 9. The van der Waals surface area contributed by atoms with Crippen LogP contribution in [-0.4, -0.2) is 51.5 Å². The van der Waals surface area contributed by atoms with E-state index in [0.29, 0.717) is 6.41 Å². The zero-order valence-corrected chi connectivity index (χ0v) is 18.5. The molecule has 3 rings (SSSR count). The number of hydrogen-bond donors (Lipinski definition) is 1.